The van der Waals surface area contributed by atoms with Gasteiger partial charge >= 0.3 is 11.9 Å². The number of hydrogen-bond acceptors (Lipinski definition) is 18. The van der Waals surface area contributed by atoms with Gasteiger partial charge in [-0.25, -0.2) is 39.5 Å². The summed E-state index contributed by atoms with van der Waals surface area (Å²) >= 11 is 4.95. The molecular formula is C47H40N10O9S4. The van der Waals surface area contributed by atoms with Crippen LogP contribution < -0.4 is 26.4 Å². The van der Waals surface area contributed by atoms with Crippen LogP contribution >= 0.6 is 45.3 Å². The SMILES string of the molecule is Cc1oc(-c2ccc(-c3nc(C(=O)O)cs3)nc2-c2csc(-c3csc(C4NC(Oc5ccccc5)CC4C)n3)n2)nc1C(=O)NC(CC(N)=O)c1nc(C(=O)NC(Cc2ccccc2)C(=O)O)cs1. The van der Waals surface area contributed by atoms with Crippen LogP contribution in [0, 0.1) is 12.8 Å². The van der Waals surface area contributed by atoms with E-state index in [9.17, 15) is 34.2 Å². The van der Waals surface area contributed by atoms with E-state index in [1.165, 1.54) is 40.4 Å². The Hall–Kier alpha value is -7.57. The second-order valence-electron chi connectivity index (χ2n) is 16.1. The number of nitrogens with two attached hydrogens (primary N) is 1. The average molecular weight is 1020 g/mol. The van der Waals surface area contributed by atoms with Crippen LogP contribution in [0.15, 0.2) is 98.7 Å². The smallest absolute Gasteiger partial charge is 0.355 e. The Kier molecular flexibility index (Phi) is 14.0. The molecule has 1 aliphatic rings. The Bertz CT molecular complexity index is 3220. The Morgan fingerprint density at radius 1 is 0.786 bits per heavy atom. The number of amides is 3. The summed E-state index contributed by atoms with van der Waals surface area (Å²) in [6.07, 6.45) is 0.260. The highest BCUT2D eigenvalue weighted by Crippen LogP contribution is 2.40. The van der Waals surface area contributed by atoms with Crippen LogP contribution in [-0.4, -0.2) is 82.0 Å². The molecule has 0 aliphatic carbocycles. The molecule has 7 heterocycles. The average Bonchev–Trinajstić information content (AvgIpc) is 4.21. The molecule has 0 spiro atoms. The number of nitrogens with one attached hydrogen (secondary N) is 3. The van der Waals surface area contributed by atoms with Gasteiger partial charge < -0.3 is 35.7 Å². The molecule has 1 aliphatic heterocycles. The van der Waals surface area contributed by atoms with E-state index in [1.54, 1.807) is 47.8 Å². The fraction of sp³-hybridized carbons (Fsp3) is 0.213. The minimum absolute atomic E-state index is 0.00396. The minimum atomic E-state index is -1.25. The van der Waals surface area contributed by atoms with Crippen LogP contribution in [0.25, 0.3) is 44.2 Å². The molecule has 9 rings (SSSR count). The lowest BCUT2D eigenvalue weighted by Crippen LogP contribution is -2.42. The molecule has 3 amide bonds. The van der Waals surface area contributed by atoms with Crippen molar-refractivity contribution in [3.63, 3.8) is 0 Å². The highest BCUT2D eigenvalue weighted by atomic mass is 32.1. The lowest BCUT2D eigenvalue weighted by atomic mass is 10.0. The van der Waals surface area contributed by atoms with Crippen LogP contribution in [0.1, 0.15) is 84.7 Å². The van der Waals surface area contributed by atoms with E-state index in [0.29, 0.717) is 43.9 Å². The lowest BCUT2D eigenvalue weighted by Gasteiger charge is -2.15. The van der Waals surface area contributed by atoms with E-state index < -0.39 is 48.2 Å². The second-order valence-corrected chi connectivity index (χ2v) is 19.6. The number of primary amides is 1. The topological polar surface area (TPSA) is 288 Å². The summed E-state index contributed by atoms with van der Waals surface area (Å²) in [5, 5.41) is 36.8. The molecule has 1 fully saturated rings. The fourth-order valence-electron chi connectivity index (χ4n) is 7.62. The largest absolute Gasteiger partial charge is 0.480 e. The van der Waals surface area contributed by atoms with Gasteiger partial charge in [-0.2, -0.15) is 0 Å². The maximum absolute atomic E-state index is 14.0. The van der Waals surface area contributed by atoms with Crippen molar-refractivity contribution in [2.45, 2.75) is 57.5 Å². The molecule has 5 atom stereocenters. The number of carboxylic acids is 2. The number of ether oxygens (including phenoxy) is 1. The molecule has 70 heavy (non-hydrogen) atoms. The number of aryl methyl sites for hydroxylation is 1. The van der Waals surface area contributed by atoms with Gasteiger partial charge in [-0.05, 0) is 42.7 Å². The quantitative estimate of drug-likeness (QED) is 0.0487. The summed E-state index contributed by atoms with van der Waals surface area (Å²) in [7, 11) is 0. The summed E-state index contributed by atoms with van der Waals surface area (Å²) in [4.78, 5) is 91.2. The van der Waals surface area contributed by atoms with Crippen molar-refractivity contribution in [2.24, 2.45) is 11.7 Å². The number of nitrogens with zero attached hydrogens (tertiary/aromatic N) is 6. The predicted octanol–water partition coefficient (Wildman–Crippen LogP) is 7.42. The molecule has 19 nitrogen and oxygen atoms in total. The van der Waals surface area contributed by atoms with E-state index in [-0.39, 0.29) is 58.3 Å². The number of aromatic nitrogens is 6. The van der Waals surface area contributed by atoms with Crippen molar-refractivity contribution in [3.8, 4) is 50.0 Å². The summed E-state index contributed by atoms with van der Waals surface area (Å²) in [5.41, 5.74) is 8.00. The third kappa shape index (κ3) is 10.7. The van der Waals surface area contributed by atoms with Gasteiger partial charge in [0.1, 0.15) is 60.4 Å². The van der Waals surface area contributed by atoms with Crippen molar-refractivity contribution in [3.05, 3.63) is 133 Å². The van der Waals surface area contributed by atoms with Gasteiger partial charge in [-0.1, -0.05) is 55.5 Å². The number of aromatic carboxylic acids is 1. The van der Waals surface area contributed by atoms with Crippen molar-refractivity contribution in [1.29, 1.82) is 0 Å². The van der Waals surface area contributed by atoms with Crippen LogP contribution in [0.5, 0.6) is 5.75 Å². The number of pyridine rings is 1. The molecule has 1 saturated heterocycles. The number of hydrogen-bond donors (Lipinski definition) is 6. The van der Waals surface area contributed by atoms with Gasteiger partial charge in [0.25, 0.3) is 11.8 Å². The number of carboxylic acid groups (broad SMARTS) is 2. The van der Waals surface area contributed by atoms with Crippen molar-refractivity contribution >= 4 is 75.0 Å². The minimum Gasteiger partial charge on any atom is -0.480 e. The number of carbonyl (C=O) groups is 5. The number of para-hydroxylation sites is 1. The maximum Gasteiger partial charge on any atom is 0.355 e. The fourth-order valence-corrected chi connectivity index (χ4v) is 11.1. The molecule has 8 aromatic rings. The van der Waals surface area contributed by atoms with Gasteiger partial charge in [0.2, 0.25) is 11.8 Å². The van der Waals surface area contributed by atoms with Gasteiger partial charge in [0.05, 0.1) is 29.8 Å². The van der Waals surface area contributed by atoms with E-state index in [1.807, 2.05) is 35.7 Å². The molecule has 7 N–H and O–H groups in total. The van der Waals surface area contributed by atoms with Crippen molar-refractivity contribution in [1.82, 2.24) is 45.9 Å². The first-order valence-corrected chi connectivity index (χ1v) is 25.0. The van der Waals surface area contributed by atoms with Gasteiger partial charge in [0, 0.05) is 34.4 Å². The van der Waals surface area contributed by atoms with E-state index >= 15 is 0 Å². The lowest BCUT2D eigenvalue weighted by molar-refractivity contribution is -0.139. The zero-order valence-electron chi connectivity index (χ0n) is 36.9. The molecule has 2 aromatic carbocycles. The molecular weight excluding hydrogens is 977 g/mol. The number of thiazole rings is 4. The van der Waals surface area contributed by atoms with Gasteiger partial charge in [-0.3, -0.25) is 19.7 Å². The third-order valence-corrected chi connectivity index (χ3v) is 14.6. The number of carbonyl (C=O) groups excluding carboxylic acids is 3. The monoisotopic (exact) mass is 1020 g/mol. The van der Waals surface area contributed by atoms with E-state index in [2.05, 4.69) is 37.8 Å². The first-order valence-electron chi connectivity index (χ1n) is 21.5. The first kappa shape index (κ1) is 47.5. The highest BCUT2D eigenvalue weighted by Gasteiger charge is 2.35. The molecule has 356 valence electrons. The molecule has 23 heteroatoms. The Morgan fingerprint density at radius 3 is 2.23 bits per heavy atom. The standard InChI is InChI=1S/C47H40N10O9S4/c1-22-15-35(66-25-11-7-4-8-12-25)56-36(22)45-54-32(20-70-45)44-52-30(18-67-44)38-26(13-14-27(49-38)42-55-33(21-69-42)47(63)64)41-57-37(23(2)65-41)40(60)50-28(17-34(48)58)43-53-31(19-68-43)39(59)51-29(46(61)62)16-24-9-5-3-6-10-24/h3-14,18-22,28-29,35-36,56H,15-17H2,1-2H3,(H2,48,58)(H,50,60)(H,51,59)(H,61,62)(H,63,64). The zero-order valence-corrected chi connectivity index (χ0v) is 40.2. The molecule has 6 aromatic heterocycles. The maximum atomic E-state index is 14.0. The number of rotatable bonds is 18. The highest BCUT2D eigenvalue weighted by molar-refractivity contribution is 7.14. The van der Waals surface area contributed by atoms with Crippen LogP contribution in [-0.2, 0) is 16.0 Å². The summed E-state index contributed by atoms with van der Waals surface area (Å²) < 4.78 is 12.3. The van der Waals surface area contributed by atoms with Crippen LogP contribution in [0.4, 0.5) is 0 Å². The number of benzene rings is 2. The van der Waals surface area contributed by atoms with Crippen molar-refractivity contribution < 1.29 is 43.3 Å². The summed E-state index contributed by atoms with van der Waals surface area (Å²) in [6.45, 7) is 3.69. The number of oxazole rings is 1. The normalized spacial score (nSPS) is 16.3. The van der Waals surface area contributed by atoms with E-state index in [0.717, 1.165) is 39.9 Å². The summed E-state index contributed by atoms with van der Waals surface area (Å²) in [5.74, 6) is -3.55. The molecule has 0 saturated carbocycles. The molecule has 5 unspecified atom stereocenters. The number of aliphatic carboxylic acids is 1. The molecule has 0 radical (unpaired) electrons. The first-order chi connectivity index (χ1) is 33.8. The zero-order chi connectivity index (χ0) is 49.1. The van der Waals surface area contributed by atoms with Crippen molar-refractivity contribution in [2.75, 3.05) is 0 Å². The summed E-state index contributed by atoms with van der Waals surface area (Å²) in [6, 6.07) is 19.4. The Morgan fingerprint density at radius 2 is 1.50 bits per heavy atom. The predicted molar refractivity (Wildman–Crippen MR) is 260 cm³/mol. The third-order valence-electron chi connectivity index (χ3n) is 11.0. The Labute approximate surface area is 413 Å². The van der Waals surface area contributed by atoms with Gasteiger partial charge in [-0.15, -0.1) is 45.3 Å². The molecule has 0 bridgehead atoms. The second kappa shape index (κ2) is 20.6. The van der Waals surface area contributed by atoms with Crippen LogP contribution in [0.2, 0.25) is 0 Å². The van der Waals surface area contributed by atoms with Crippen LogP contribution in [0.3, 0.4) is 0 Å². The van der Waals surface area contributed by atoms with Gasteiger partial charge in [0.15, 0.2) is 17.6 Å². The Balaban J connectivity index is 0.963. The van der Waals surface area contributed by atoms with E-state index in [4.69, 9.17) is 29.8 Å².